The fourth-order valence-corrected chi connectivity index (χ4v) is 3.77. The van der Waals surface area contributed by atoms with Gasteiger partial charge in [-0.15, -0.1) is 11.8 Å². The maximum atomic E-state index is 12.3. The molecule has 0 saturated carbocycles. The highest BCUT2D eigenvalue weighted by atomic mass is 32.2. The average Bonchev–Trinajstić information content (AvgIpc) is 2.90. The molecule has 1 heterocycles. The summed E-state index contributed by atoms with van der Waals surface area (Å²) in [4.78, 5) is 25.2. The molecule has 1 atom stereocenters. The normalized spacial score (nSPS) is 17.4. The van der Waals surface area contributed by atoms with E-state index in [1.807, 2.05) is 60.4 Å². The van der Waals surface area contributed by atoms with Crippen molar-refractivity contribution in [3.05, 3.63) is 59.7 Å². The van der Waals surface area contributed by atoms with Crippen LogP contribution in [0, 0.1) is 6.92 Å². The van der Waals surface area contributed by atoms with Crippen molar-refractivity contribution in [1.29, 1.82) is 0 Å². The zero-order chi connectivity index (χ0) is 16.4. The molecule has 1 N–H and O–H groups in total. The SMILES string of the molecule is CC(=O)Nc1ccc(C2SCC(=O)N2c2ccc(C)cc2)cc1. The van der Waals surface area contributed by atoms with Gasteiger partial charge < -0.3 is 5.32 Å². The van der Waals surface area contributed by atoms with Crippen LogP contribution in [-0.4, -0.2) is 17.6 Å². The van der Waals surface area contributed by atoms with E-state index >= 15 is 0 Å². The number of carbonyl (C=O) groups is 2. The van der Waals surface area contributed by atoms with Crippen LogP contribution in [0.15, 0.2) is 48.5 Å². The van der Waals surface area contributed by atoms with Gasteiger partial charge in [-0.3, -0.25) is 14.5 Å². The highest BCUT2D eigenvalue weighted by Crippen LogP contribution is 2.41. The summed E-state index contributed by atoms with van der Waals surface area (Å²) < 4.78 is 0. The fraction of sp³-hybridized carbons (Fsp3) is 0.222. The lowest BCUT2D eigenvalue weighted by molar-refractivity contribution is -0.116. The Hall–Kier alpha value is -2.27. The smallest absolute Gasteiger partial charge is 0.238 e. The number of amides is 2. The zero-order valence-corrected chi connectivity index (χ0v) is 13.9. The zero-order valence-electron chi connectivity index (χ0n) is 13.1. The molecule has 0 spiro atoms. The van der Waals surface area contributed by atoms with Gasteiger partial charge >= 0.3 is 0 Å². The van der Waals surface area contributed by atoms with Crippen molar-refractivity contribution in [3.63, 3.8) is 0 Å². The Morgan fingerprint density at radius 1 is 1.13 bits per heavy atom. The Morgan fingerprint density at radius 2 is 1.78 bits per heavy atom. The molecule has 1 fully saturated rings. The Bertz CT molecular complexity index is 726. The largest absolute Gasteiger partial charge is 0.326 e. The fourth-order valence-electron chi connectivity index (χ4n) is 2.59. The van der Waals surface area contributed by atoms with Gasteiger partial charge in [0.1, 0.15) is 5.37 Å². The first kappa shape index (κ1) is 15.6. The summed E-state index contributed by atoms with van der Waals surface area (Å²) >= 11 is 1.62. The molecule has 23 heavy (non-hydrogen) atoms. The first-order chi connectivity index (χ1) is 11.0. The molecule has 1 unspecified atom stereocenters. The van der Waals surface area contributed by atoms with Crippen molar-refractivity contribution in [3.8, 4) is 0 Å². The molecule has 3 rings (SSSR count). The molecule has 1 aliphatic heterocycles. The standard InChI is InChI=1S/C18H18N2O2S/c1-12-3-9-16(10-4-12)20-17(22)11-23-18(20)14-5-7-15(8-6-14)19-13(2)21/h3-10,18H,11H2,1-2H3,(H,19,21). The molecule has 2 amide bonds. The lowest BCUT2D eigenvalue weighted by atomic mass is 10.1. The van der Waals surface area contributed by atoms with Gasteiger partial charge in [0.25, 0.3) is 0 Å². The van der Waals surface area contributed by atoms with Crippen molar-refractivity contribution in [2.24, 2.45) is 0 Å². The second-order valence-electron chi connectivity index (χ2n) is 5.57. The molecule has 0 aliphatic carbocycles. The third kappa shape index (κ3) is 3.40. The van der Waals surface area contributed by atoms with Gasteiger partial charge in [-0.1, -0.05) is 29.8 Å². The van der Waals surface area contributed by atoms with Crippen LogP contribution in [0.25, 0.3) is 0 Å². The van der Waals surface area contributed by atoms with Crippen LogP contribution in [0.3, 0.4) is 0 Å². The van der Waals surface area contributed by atoms with E-state index < -0.39 is 0 Å². The first-order valence-corrected chi connectivity index (χ1v) is 8.47. The number of hydrogen-bond acceptors (Lipinski definition) is 3. The van der Waals surface area contributed by atoms with Crippen LogP contribution in [0.2, 0.25) is 0 Å². The molecule has 4 nitrogen and oxygen atoms in total. The highest BCUT2D eigenvalue weighted by molar-refractivity contribution is 8.00. The van der Waals surface area contributed by atoms with Gasteiger partial charge in [-0.05, 0) is 36.8 Å². The van der Waals surface area contributed by atoms with E-state index in [9.17, 15) is 9.59 Å². The van der Waals surface area contributed by atoms with E-state index in [0.717, 1.165) is 16.9 Å². The van der Waals surface area contributed by atoms with Crippen molar-refractivity contribution in [2.75, 3.05) is 16.0 Å². The van der Waals surface area contributed by atoms with E-state index in [1.54, 1.807) is 11.8 Å². The van der Waals surface area contributed by atoms with Gasteiger partial charge in [-0.2, -0.15) is 0 Å². The minimum atomic E-state index is -0.0931. The second kappa shape index (κ2) is 6.46. The minimum Gasteiger partial charge on any atom is -0.326 e. The molecule has 1 saturated heterocycles. The van der Waals surface area contributed by atoms with Crippen LogP contribution >= 0.6 is 11.8 Å². The summed E-state index contributed by atoms with van der Waals surface area (Å²) in [6, 6.07) is 15.7. The maximum Gasteiger partial charge on any atom is 0.238 e. The maximum absolute atomic E-state index is 12.3. The highest BCUT2D eigenvalue weighted by Gasteiger charge is 2.33. The molecule has 118 valence electrons. The van der Waals surface area contributed by atoms with Crippen molar-refractivity contribution >= 4 is 35.0 Å². The number of thioether (sulfide) groups is 1. The van der Waals surface area contributed by atoms with Gasteiger partial charge in [0.2, 0.25) is 11.8 Å². The van der Waals surface area contributed by atoms with E-state index in [4.69, 9.17) is 0 Å². The summed E-state index contributed by atoms with van der Waals surface area (Å²) in [6.07, 6.45) is 0. The van der Waals surface area contributed by atoms with Crippen molar-refractivity contribution in [1.82, 2.24) is 0 Å². The predicted molar refractivity (Wildman–Crippen MR) is 94.6 cm³/mol. The number of aryl methyl sites for hydroxylation is 1. The Labute approximate surface area is 139 Å². The van der Waals surface area contributed by atoms with Crippen molar-refractivity contribution < 1.29 is 9.59 Å². The van der Waals surface area contributed by atoms with E-state index in [2.05, 4.69) is 5.32 Å². The van der Waals surface area contributed by atoms with Gasteiger partial charge in [0.15, 0.2) is 0 Å². The Balaban J connectivity index is 1.87. The third-order valence-corrected chi connectivity index (χ3v) is 4.91. The average molecular weight is 326 g/mol. The van der Waals surface area contributed by atoms with Crippen LogP contribution in [-0.2, 0) is 9.59 Å². The number of nitrogens with one attached hydrogen (secondary N) is 1. The van der Waals surface area contributed by atoms with Crippen LogP contribution in [0.4, 0.5) is 11.4 Å². The second-order valence-corrected chi connectivity index (χ2v) is 6.63. The van der Waals surface area contributed by atoms with Crippen molar-refractivity contribution in [2.45, 2.75) is 19.2 Å². The number of carbonyl (C=O) groups excluding carboxylic acids is 2. The molecule has 2 aromatic carbocycles. The molecule has 1 aliphatic rings. The Morgan fingerprint density at radius 3 is 2.39 bits per heavy atom. The molecular formula is C18H18N2O2S. The van der Waals surface area contributed by atoms with Gasteiger partial charge in [0, 0.05) is 18.3 Å². The monoisotopic (exact) mass is 326 g/mol. The van der Waals surface area contributed by atoms with Crippen LogP contribution in [0.5, 0.6) is 0 Å². The van der Waals surface area contributed by atoms with E-state index in [-0.39, 0.29) is 17.2 Å². The van der Waals surface area contributed by atoms with Crippen LogP contribution in [0.1, 0.15) is 23.4 Å². The third-order valence-electron chi connectivity index (χ3n) is 3.70. The molecule has 0 radical (unpaired) electrons. The minimum absolute atomic E-state index is 0.0309. The molecule has 5 heteroatoms. The lowest BCUT2D eigenvalue weighted by Crippen LogP contribution is -2.27. The van der Waals surface area contributed by atoms with Gasteiger partial charge in [-0.25, -0.2) is 0 Å². The summed E-state index contributed by atoms with van der Waals surface area (Å²) in [5.74, 6) is 0.505. The predicted octanol–water partition coefficient (Wildman–Crippen LogP) is 3.73. The number of nitrogens with zero attached hydrogens (tertiary/aromatic N) is 1. The van der Waals surface area contributed by atoms with E-state index in [0.29, 0.717) is 5.75 Å². The quantitative estimate of drug-likeness (QED) is 0.935. The molecule has 2 aromatic rings. The summed E-state index contributed by atoms with van der Waals surface area (Å²) in [7, 11) is 0. The van der Waals surface area contributed by atoms with E-state index in [1.165, 1.54) is 12.5 Å². The summed E-state index contributed by atoms with van der Waals surface area (Å²) in [6.45, 7) is 3.51. The number of benzene rings is 2. The first-order valence-electron chi connectivity index (χ1n) is 7.42. The molecule has 0 aromatic heterocycles. The molecular weight excluding hydrogens is 308 g/mol. The lowest BCUT2D eigenvalue weighted by Gasteiger charge is -2.24. The van der Waals surface area contributed by atoms with Gasteiger partial charge in [0.05, 0.1) is 5.75 Å². The number of rotatable bonds is 3. The summed E-state index contributed by atoms with van der Waals surface area (Å²) in [5, 5.41) is 2.72. The van der Waals surface area contributed by atoms with Crippen LogP contribution < -0.4 is 10.2 Å². The Kier molecular flexibility index (Phi) is 4.39. The summed E-state index contributed by atoms with van der Waals surface area (Å²) in [5.41, 5.74) is 3.90. The topological polar surface area (TPSA) is 49.4 Å². The molecule has 0 bridgehead atoms. The number of anilines is 2. The number of hydrogen-bond donors (Lipinski definition) is 1.